The highest BCUT2D eigenvalue weighted by Gasteiger charge is 2.13. The summed E-state index contributed by atoms with van der Waals surface area (Å²) in [5.74, 6) is 0.0781. The summed E-state index contributed by atoms with van der Waals surface area (Å²) in [6, 6.07) is 4.61. The predicted molar refractivity (Wildman–Crippen MR) is 68.6 cm³/mol. The number of hydrogen-bond donors (Lipinski definition) is 0. The van der Waals surface area contributed by atoms with Gasteiger partial charge < -0.3 is 9.47 Å². The Kier molecular flexibility index (Phi) is 5.65. The number of esters is 1. The molecule has 4 nitrogen and oxygen atoms in total. The van der Waals surface area contributed by atoms with Crippen molar-refractivity contribution in [1.82, 2.24) is 0 Å². The summed E-state index contributed by atoms with van der Waals surface area (Å²) >= 11 is 5.53. The average molecular weight is 271 g/mol. The zero-order valence-electron chi connectivity index (χ0n) is 10.4. The van der Waals surface area contributed by atoms with Crippen molar-refractivity contribution in [1.29, 1.82) is 0 Å². The topological polar surface area (TPSA) is 52.6 Å². The molecule has 0 N–H and O–H groups in total. The van der Waals surface area contributed by atoms with Crippen molar-refractivity contribution in [2.45, 2.75) is 13.3 Å². The van der Waals surface area contributed by atoms with E-state index in [1.54, 1.807) is 13.0 Å². The number of ether oxygens (including phenoxy) is 2. The monoisotopic (exact) mass is 270 g/mol. The highest BCUT2D eigenvalue weighted by Crippen LogP contribution is 2.19. The van der Waals surface area contributed by atoms with Crippen molar-refractivity contribution < 1.29 is 19.1 Å². The Morgan fingerprint density at radius 2 is 1.89 bits per heavy atom. The molecule has 1 aromatic rings. The summed E-state index contributed by atoms with van der Waals surface area (Å²) in [6.07, 6.45) is 0.219. The van der Waals surface area contributed by atoms with E-state index >= 15 is 0 Å². The SMILES string of the molecule is CCOC(=O)c1cc(OC)cc(C(=O)CCCl)c1. The Labute approximate surface area is 111 Å². The molecule has 98 valence electrons. The third kappa shape index (κ3) is 3.74. The predicted octanol–water partition coefficient (Wildman–Crippen LogP) is 2.68. The van der Waals surface area contributed by atoms with E-state index in [9.17, 15) is 9.59 Å². The van der Waals surface area contributed by atoms with Gasteiger partial charge >= 0.3 is 5.97 Å². The van der Waals surface area contributed by atoms with E-state index in [2.05, 4.69) is 0 Å². The van der Waals surface area contributed by atoms with Crippen molar-refractivity contribution in [3.63, 3.8) is 0 Å². The molecule has 1 aromatic carbocycles. The number of carbonyl (C=O) groups is 2. The Morgan fingerprint density at radius 3 is 2.44 bits per heavy atom. The first-order valence-electron chi connectivity index (χ1n) is 5.57. The molecule has 1 rings (SSSR count). The minimum Gasteiger partial charge on any atom is -0.497 e. The van der Waals surface area contributed by atoms with E-state index in [4.69, 9.17) is 21.1 Å². The van der Waals surface area contributed by atoms with Crippen LogP contribution in [0.3, 0.4) is 0 Å². The summed E-state index contributed by atoms with van der Waals surface area (Å²) in [4.78, 5) is 23.4. The molecule has 18 heavy (non-hydrogen) atoms. The van der Waals surface area contributed by atoms with E-state index in [0.29, 0.717) is 16.9 Å². The second kappa shape index (κ2) is 7.01. The van der Waals surface area contributed by atoms with Gasteiger partial charge in [0.05, 0.1) is 19.3 Å². The van der Waals surface area contributed by atoms with Crippen LogP contribution in [-0.2, 0) is 4.74 Å². The van der Waals surface area contributed by atoms with Crippen LogP contribution in [0.4, 0.5) is 0 Å². The van der Waals surface area contributed by atoms with Gasteiger partial charge in [-0.3, -0.25) is 4.79 Å². The lowest BCUT2D eigenvalue weighted by atomic mass is 10.0. The number of ketones is 1. The van der Waals surface area contributed by atoms with Crippen LogP contribution < -0.4 is 4.74 Å². The smallest absolute Gasteiger partial charge is 0.338 e. The van der Waals surface area contributed by atoms with Crippen LogP contribution in [0.25, 0.3) is 0 Å². The summed E-state index contributed by atoms with van der Waals surface area (Å²) in [5.41, 5.74) is 0.701. The van der Waals surface area contributed by atoms with Crippen LogP contribution in [0.2, 0.25) is 0 Å². The van der Waals surface area contributed by atoms with Gasteiger partial charge in [0.25, 0.3) is 0 Å². The van der Waals surface area contributed by atoms with Crippen molar-refractivity contribution in [3.8, 4) is 5.75 Å². The Morgan fingerprint density at radius 1 is 1.22 bits per heavy atom. The molecule has 0 radical (unpaired) electrons. The van der Waals surface area contributed by atoms with Gasteiger partial charge in [0, 0.05) is 17.9 Å². The molecule has 0 amide bonds. The Bertz CT molecular complexity index is 406. The van der Waals surface area contributed by atoms with Crippen LogP contribution in [0.1, 0.15) is 34.1 Å². The van der Waals surface area contributed by atoms with Crippen molar-refractivity contribution in [2.24, 2.45) is 0 Å². The fourth-order valence-electron chi connectivity index (χ4n) is 1.44. The Balaban J connectivity index is 3.08. The average Bonchev–Trinajstić information content (AvgIpc) is 2.38. The molecule has 0 aliphatic carbocycles. The maximum atomic E-state index is 11.8. The fraction of sp³-hybridized carbons (Fsp3) is 0.385. The molecule has 0 saturated heterocycles. The quantitative estimate of drug-likeness (QED) is 0.453. The van der Waals surface area contributed by atoms with Gasteiger partial charge in [0.15, 0.2) is 5.78 Å². The zero-order chi connectivity index (χ0) is 13.5. The molecule has 5 heteroatoms. The molecule has 0 atom stereocenters. The molecule has 0 bridgehead atoms. The number of alkyl halides is 1. The van der Waals surface area contributed by atoms with Gasteiger partial charge in [-0.25, -0.2) is 4.79 Å². The van der Waals surface area contributed by atoms with E-state index in [1.165, 1.54) is 19.2 Å². The molecule has 0 fully saturated rings. The number of hydrogen-bond acceptors (Lipinski definition) is 4. The molecule has 0 spiro atoms. The third-order valence-corrected chi connectivity index (χ3v) is 2.49. The summed E-state index contributed by atoms with van der Waals surface area (Å²) in [7, 11) is 1.47. The van der Waals surface area contributed by atoms with E-state index in [0.717, 1.165) is 0 Å². The Hall–Kier alpha value is -1.55. The minimum absolute atomic E-state index is 0.130. The zero-order valence-corrected chi connectivity index (χ0v) is 11.1. The molecule has 0 aliphatic heterocycles. The van der Waals surface area contributed by atoms with Crippen LogP contribution in [0, 0.1) is 0 Å². The highest BCUT2D eigenvalue weighted by atomic mass is 35.5. The maximum Gasteiger partial charge on any atom is 0.338 e. The van der Waals surface area contributed by atoms with Gasteiger partial charge in [-0.2, -0.15) is 0 Å². The minimum atomic E-state index is -0.476. The number of benzene rings is 1. The summed E-state index contributed by atoms with van der Waals surface area (Å²) in [6.45, 7) is 2.00. The van der Waals surface area contributed by atoms with Crippen molar-refractivity contribution >= 4 is 23.4 Å². The number of methoxy groups -OCH3 is 1. The molecule has 0 heterocycles. The summed E-state index contributed by atoms with van der Waals surface area (Å²) < 4.78 is 9.95. The largest absolute Gasteiger partial charge is 0.497 e. The van der Waals surface area contributed by atoms with Crippen LogP contribution in [-0.4, -0.2) is 31.3 Å². The first-order chi connectivity index (χ1) is 8.62. The second-order valence-electron chi connectivity index (χ2n) is 3.53. The molecule has 0 unspecified atom stereocenters. The fourth-order valence-corrected chi connectivity index (χ4v) is 1.61. The molecular weight excluding hydrogens is 256 g/mol. The van der Waals surface area contributed by atoms with Gasteiger partial charge in [-0.1, -0.05) is 0 Å². The third-order valence-electron chi connectivity index (χ3n) is 2.30. The molecule has 0 aliphatic rings. The van der Waals surface area contributed by atoms with Gasteiger partial charge in [0.2, 0.25) is 0 Å². The lowest BCUT2D eigenvalue weighted by Crippen LogP contribution is -2.08. The van der Waals surface area contributed by atoms with Crippen molar-refractivity contribution in [3.05, 3.63) is 29.3 Å². The van der Waals surface area contributed by atoms with E-state index in [1.807, 2.05) is 0 Å². The van der Waals surface area contributed by atoms with E-state index < -0.39 is 5.97 Å². The van der Waals surface area contributed by atoms with Crippen LogP contribution in [0.15, 0.2) is 18.2 Å². The molecule has 0 saturated carbocycles. The number of halogens is 1. The lowest BCUT2D eigenvalue weighted by molar-refractivity contribution is 0.0526. The highest BCUT2D eigenvalue weighted by molar-refractivity contribution is 6.19. The first-order valence-corrected chi connectivity index (χ1v) is 6.11. The standard InChI is InChI=1S/C13H15ClO4/c1-3-18-13(16)10-6-9(12(15)4-5-14)7-11(8-10)17-2/h6-8H,3-5H2,1-2H3. The summed E-state index contributed by atoms with van der Waals surface area (Å²) in [5, 5.41) is 0. The molecule has 0 aromatic heterocycles. The second-order valence-corrected chi connectivity index (χ2v) is 3.91. The number of rotatable bonds is 6. The molecular formula is C13H15ClO4. The lowest BCUT2D eigenvalue weighted by Gasteiger charge is -2.07. The normalized spacial score (nSPS) is 9.94. The van der Waals surface area contributed by atoms with Gasteiger partial charge in [0.1, 0.15) is 5.75 Å². The van der Waals surface area contributed by atoms with Crippen LogP contribution in [0.5, 0.6) is 5.75 Å². The number of Topliss-reactive ketones (excluding diaryl/α,β-unsaturated/α-hetero) is 1. The van der Waals surface area contributed by atoms with Gasteiger partial charge in [-0.05, 0) is 25.1 Å². The van der Waals surface area contributed by atoms with Crippen molar-refractivity contribution in [2.75, 3.05) is 19.6 Å². The first kappa shape index (κ1) is 14.5. The van der Waals surface area contributed by atoms with E-state index in [-0.39, 0.29) is 24.7 Å². The number of carbonyl (C=O) groups excluding carboxylic acids is 2. The maximum absolute atomic E-state index is 11.8. The van der Waals surface area contributed by atoms with Crippen LogP contribution >= 0.6 is 11.6 Å². The van der Waals surface area contributed by atoms with Gasteiger partial charge in [-0.15, -0.1) is 11.6 Å².